The molecular weight excluding hydrogens is 773 g/mol. The van der Waals surface area contributed by atoms with Crippen molar-refractivity contribution >= 4 is 17.9 Å². The van der Waals surface area contributed by atoms with Crippen LogP contribution in [0.1, 0.15) is 102 Å². The molecule has 0 bridgehead atoms. The van der Waals surface area contributed by atoms with Crippen LogP contribution in [0.2, 0.25) is 0 Å². The topological polar surface area (TPSA) is 144 Å². The summed E-state index contributed by atoms with van der Waals surface area (Å²) in [5, 5.41) is 35.4. The number of nitrogens with one attached hydrogen (secondary N) is 1. The van der Waals surface area contributed by atoms with E-state index in [1.54, 1.807) is 62.7 Å². The van der Waals surface area contributed by atoms with Gasteiger partial charge in [-0.3, -0.25) is 9.93 Å². The van der Waals surface area contributed by atoms with Crippen molar-refractivity contribution in [1.82, 2.24) is 5.32 Å². The number of aliphatic hydroxyl groups excluding tert-OH is 1. The summed E-state index contributed by atoms with van der Waals surface area (Å²) in [4.78, 5) is 12.4. The summed E-state index contributed by atoms with van der Waals surface area (Å²) in [5.74, 6) is 4.39. The highest BCUT2D eigenvalue weighted by Gasteiger charge is 2.10. The molecule has 0 saturated carbocycles. The SMILES string of the molecule is CC.CC.CC.CC.CNC(=O)CCc1cc(C)c(Oc2ccc(O)cc2)c(C)c1.COc1ccc(SN)cc1.Cc1cc(CCCO)cc(C)c1Oc1ccc(O)cc1. The third kappa shape index (κ3) is 22.3. The van der Waals surface area contributed by atoms with Gasteiger partial charge in [-0.1, -0.05) is 79.7 Å². The van der Waals surface area contributed by atoms with Gasteiger partial charge >= 0.3 is 0 Å². The largest absolute Gasteiger partial charge is 0.508 e. The molecule has 0 heterocycles. The molecule has 0 saturated heterocycles. The van der Waals surface area contributed by atoms with Crippen LogP contribution in [0, 0.1) is 27.7 Å². The van der Waals surface area contributed by atoms with E-state index in [1.165, 1.54) is 17.5 Å². The number of benzene rings is 5. The highest BCUT2D eigenvalue weighted by molar-refractivity contribution is 7.97. The second kappa shape index (κ2) is 34.7. The van der Waals surface area contributed by atoms with Crippen LogP contribution in [0.5, 0.6) is 40.2 Å². The molecule has 10 heteroatoms. The van der Waals surface area contributed by atoms with Gasteiger partial charge in [0.2, 0.25) is 5.91 Å². The zero-order chi connectivity index (χ0) is 46.0. The summed E-state index contributed by atoms with van der Waals surface area (Å²) in [6, 6.07) is 29.2. The van der Waals surface area contributed by atoms with Gasteiger partial charge in [0.25, 0.3) is 0 Å². The standard InChI is InChI=1S/C18H21NO3.C17H20O3.C7H9NOS.4C2H6/c1-12-10-14(4-9-17(21)19-3)11-13(2)18(12)22-16-7-5-15(20)6-8-16;1-12-10-14(4-3-9-18)11-13(2)17(12)20-16-7-5-15(19)6-8-16;1-9-6-2-4-7(10-8)5-3-6;4*1-2/h5-8,10-11,20H,4,9H2,1-3H3,(H,19,21);5-8,10-11,18-19H,3-4,9H2,1-2H3;2-5H,8H2,1H3;4*1-2H3. The van der Waals surface area contributed by atoms with Gasteiger partial charge in [0.15, 0.2) is 0 Å². The number of ether oxygens (including phenoxy) is 3. The molecule has 0 aliphatic heterocycles. The Morgan fingerprint density at radius 2 is 0.950 bits per heavy atom. The lowest BCUT2D eigenvalue weighted by molar-refractivity contribution is -0.120. The highest BCUT2D eigenvalue weighted by atomic mass is 32.2. The minimum atomic E-state index is 0.0414. The molecule has 0 aliphatic rings. The summed E-state index contributed by atoms with van der Waals surface area (Å²) in [6.45, 7) is 24.2. The van der Waals surface area contributed by atoms with Crippen LogP contribution in [0.15, 0.2) is 102 Å². The minimum absolute atomic E-state index is 0.0414. The lowest BCUT2D eigenvalue weighted by Crippen LogP contribution is -2.17. The van der Waals surface area contributed by atoms with Crippen LogP contribution in [0.4, 0.5) is 0 Å². The van der Waals surface area contributed by atoms with Gasteiger partial charge in [0.1, 0.15) is 40.2 Å². The number of amides is 1. The van der Waals surface area contributed by atoms with Crippen molar-refractivity contribution in [3.05, 3.63) is 130 Å². The van der Waals surface area contributed by atoms with Gasteiger partial charge in [-0.25, -0.2) is 0 Å². The van der Waals surface area contributed by atoms with Crippen molar-refractivity contribution < 1.29 is 34.3 Å². The normalized spacial score (nSPS) is 9.27. The van der Waals surface area contributed by atoms with E-state index < -0.39 is 0 Å². The number of rotatable bonds is 12. The second-order valence-electron chi connectivity index (χ2n) is 12.1. The third-order valence-electron chi connectivity index (χ3n) is 7.89. The van der Waals surface area contributed by atoms with E-state index in [-0.39, 0.29) is 24.0 Å². The highest BCUT2D eigenvalue weighted by Crippen LogP contribution is 2.32. The number of carbonyl (C=O) groups is 1. The molecule has 9 nitrogen and oxygen atoms in total. The van der Waals surface area contributed by atoms with Gasteiger partial charge < -0.3 is 34.8 Å². The number of aliphatic hydroxyl groups is 1. The predicted octanol–water partition coefficient (Wildman–Crippen LogP) is 13.0. The van der Waals surface area contributed by atoms with E-state index in [4.69, 9.17) is 24.5 Å². The number of phenolic OH excluding ortho intramolecular Hbond substituents is 2. The van der Waals surface area contributed by atoms with Gasteiger partial charge in [0, 0.05) is 25.0 Å². The average molecular weight is 847 g/mol. The molecule has 5 aromatic rings. The summed E-state index contributed by atoms with van der Waals surface area (Å²) < 4.78 is 16.8. The van der Waals surface area contributed by atoms with E-state index >= 15 is 0 Å². The van der Waals surface area contributed by atoms with Crippen molar-refractivity contribution in [3.63, 3.8) is 0 Å². The average Bonchev–Trinajstić information content (AvgIpc) is 3.29. The number of aryl methyl sites for hydroxylation is 6. The lowest BCUT2D eigenvalue weighted by atomic mass is 10.0. The molecule has 5 aromatic carbocycles. The van der Waals surface area contributed by atoms with E-state index in [0.29, 0.717) is 24.3 Å². The van der Waals surface area contributed by atoms with Crippen molar-refractivity contribution in [3.8, 4) is 40.2 Å². The van der Waals surface area contributed by atoms with Crippen LogP contribution < -0.4 is 24.7 Å². The van der Waals surface area contributed by atoms with Crippen LogP contribution in [0.25, 0.3) is 0 Å². The van der Waals surface area contributed by atoms with E-state index in [1.807, 2.05) is 119 Å². The number of nitrogens with two attached hydrogens (primary N) is 1. The number of methoxy groups -OCH3 is 1. The zero-order valence-corrected chi connectivity index (χ0v) is 39.5. The maximum atomic E-state index is 11.3. The number of hydrogen-bond acceptors (Lipinski definition) is 9. The fourth-order valence-corrected chi connectivity index (χ4v) is 5.57. The van der Waals surface area contributed by atoms with Crippen molar-refractivity contribution in [2.24, 2.45) is 5.14 Å². The van der Waals surface area contributed by atoms with Gasteiger partial charge in [0.05, 0.1) is 7.11 Å². The first-order valence-electron chi connectivity index (χ1n) is 20.9. The Labute approximate surface area is 366 Å². The van der Waals surface area contributed by atoms with Crippen LogP contribution in [-0.4, -0.2) is 42.0 Å². The van der Waals surface area contributed by atoms with E-state index in [0.717, 1.165) is 62.8 Å². The molecule has 0 aliphatic carbocycles. The molecule has 0 spiro atoms. The first-order valence-corrected chi connectivity index (χ1v) is 21.8. The molecule has 0 unspecified atom stereocenters. The van der Waals surface area contributed by atoms with E-state index in [2.05, 4.69) is 17.4 Å². The lowest BCUT2D eigenvalue weighted by Gasteiger charge is -2.14. The molecule has 5 rings (SSSR count). The van der Waals surface area contributed by atoms with Gasteiger partial charge in [-0.05, 0) is 165 Å². The smallest absolute Gasteiger partial charge is 0.220 e. The quantitative estimate of drug-likeness (QED) is 0.0775. The molecule has 0 radical (unpaired) electrons. The van der Waals surface area contributed by atoms with Crippen molar-refractivity contribution in [2.45, 2.75) is 114 Å². The van der Waals surface area contributed by atoms with Crippen LogP contribution in [-0.2, 0) is 17.6 Å². The molecule has 332 valence electrons. The Hall–Kier alpha value is -5.16. The fourth-order valence-electron chi connectivity index (χ4n) is 5.27. The number of hydrogen-bond donors (Lipinski definition) is 5. The molecule has 1 amide bonds. The van der Waals surface area contributed by atoms with Gasteiger partial charge in [-0.2, -0.15) is 0 Å². The Kier molecular flexibility index (Phi) is 32.9. The van der Waals surface area contributed by atoms with Crippen LogP contribution >= 0.6 is 11.9 Å². The Morgan fingerprint density at radius 3 is 1.27 bits per heavy atom. The fraction of sp³-hybridized carbons (Fsp3) is 0.380. The third-order valence-corrected chi connectivity index (χ3v) is 8.44. The second-order valence-corrected chi connectivity index (χ2v) is 12.8. The molecule has 0 fully saturated rings. The molecule has 0 atom stereocenters. The molecule has 6 N–H and O–H groups in total. The van der Waals surface area contributed by atoms with E-state index in [9.17, 15) is 15.0 Å². The number of carbonyl (C=O) groups excluding carboxylic acids is 1. The van der Waals surface area contributed by atoms with Crippen molar-refractivity contribution in [2.75, 3.05) is 20.8 Å². The summed E-state index contributed by atoms with van der Waals surface area (Å²) in [6.07, 6.45) is 2.84. The molecule has 60 heavy (non-hydrogen) atoms. The van der Waals surface area contributed by atoms with Gasteiger partial charge in [-0.15, -0.1) is 0 Å². The maximum absolute atomic E-state index is 11.3. The Bertz CT molecular complexity index is 1780. The summed E-state index contributed by atoms with van der Waals surface area (Å²) in [7, 11) is 3.29. The first-order chi connectivity index (χ1) is 29.0. The van der Waals surface area contributed by atoms with Crippen LogP contribution in [0.3, 0.4) is 0 Å². The number of phenols is 2. The maximum Gasteiger partial charge on any atom is 0.220 e. The zero-order valence-electron chi connectivity index (χ0n) is 38.7. The monoisotopic (exact) mass is 847 g/mol. The van der Waals surface area contributed by atoms with Crippen molar-refractivity contribution in [1.29, 1.82) is 0 Å². The molecule has 0 aromatic heterocycles. The number of aromatic hydroxyl groups is 2. The summed E-state index contributed by atoms with van der Waals surface area (Å²) in [5.41, 5.74) is 6.54. The molecular formula is C50H74N2O7S. The summed E-state index contributed by atoms with van der Waals surface area (Å²) >= 11 is 1.23. The minimum Gasteiger partial charge on any atom is -0.508 e. The first kappa shape index (κ1) is 56.9. The Morgan fingerprint density at radius 1 is 0.600 bits per heavy atom. The predicted molar refractivity (Wildman–Crippen MR) is 254 cm³/mol. The Balaban J connectivity index is 0.